The van der Waals surface area contributed by atoms with Gasteiger partial charge in [0.25, 0.3) is 0 Å². The van der Waals surface area contributed by atoms with Gasteiger partial charge in [0.15, 0.2) is 5.16 Å². The Labute approximate surface area is 165 Å². The van der Waals surface area contributed by atoms with E-state index in [2.05, 4.69) is 26.6 Å². The summed E-state index contributed by atoms with van der Waals surface area (Å²) >= 11 is 1.55. The molecule has 6 nitrogen and oxygen atoms in total. The lowest BCUT2D eigenvalue weighted by molar-refractivity contribution is 0.131. The van der Waals surface area contributed by atoms with Crippen molar-refractivity contribution in [1.29, 1.82) is 0 Å². The maximum atomic E-state index is 6.04. The standard InChI is InChI=1S/C20H29N5OS/c1-14-11-21-20(27-3)22-19(14)26-13-15-7-9-25(10-8-15)12-18-16-5-4-6-17(16)23-24(18)2/h11,15H,4-10,12-13H2,1-3H3. The Morgan fingerprint density at radius 3 is 2.85 bits per heavy atom. The fourth-order valence-electron chi connectivity index (χ4n) is 4.16. The summed E-state index contributed by atoms with van der Waals surface area (Å²) < 4.78 is 8.15. The van der Waals surface area contributed by atoms with Crippen molar-refractivity contribution in [3.8, 4) is 5.88 Å². The fourth-order valence-corrected chi connectivity index (χ4v) is 4.49. The Morgan fingerprint density at radius 1 is 1.26 bits per heavy atom. The zero-order chi connectivity index (χ0) is 18.8. The van der Waals surface area contributed by atoms with E-state index in [0.717, 1.165) is 49.3 Å². The van der Waals surface area contributed by atoms with E-state index in [1.54, 1.807) is 11.8 Å². The number of aryl methyl sites for hydroxylation is 3. The van der Waals surface area contributed by atoms with Gasteiger partial charge in [-0.1, -0.05) is 11.8 Å². The smallest absolute Gasteiger partial charge is 0.220 e. The molecule has 3 heterocycles. The topological polar surface area (TPSA) is 56.1 Å². The van der Waals surface area contributed by atoms with Crippen LogP contribution >= 0.6 is 11.8 Å². The molecule has 1 saturated heterocycles. The molecular weight excluding hydrogens is 358 g/mol. The summed E-state index contributed by atoms with van der Waals surface area (Å²) in [4.78, 5) is 11.4. The third-order valence-electron chi connectivity index (χ3n) is 5.82. The second-order valence-corrected chi connectivity index (χ2v) is 8.50. The van der Waals surface area contributed by atoms with Gasteiger partial charge in [-0.25, -0.2) is 4.98 Å². The predicted molar refractivity (Wildman–Crippen MR) is 107 cm³/mol. The van der Waals surface area contributed by atoms with Gasteiger partial charge in [-0.2, -0.15) is 10.1 Å². The Hall–Kier alpha value is -1.60. The maximum Gasteiger partial charge on any atom is 0.220 e. The Kier molecular flexibility index (Phi) is 5.68. The molecule has 1 aliphatic heterocycles. The molecule has 1 fully saturated rings. The van der Waals surface area contributed by atoms with Gasteiger partial charge in [0.2, 0.25) is 5.88 Å². The van der Waals surface area contributed by atoms with Crippen molar-refractivity contribution in [1.82, 2.24) is 24.6 Å². The zero-order valence-electron chi connectivity index (χ0n) is 16.6. The molecule has 146 valence electrons. The largest absolute Gasteiger partial charge is 0.477 e. The molecule has 0 amide bonds. The van der Waals surface area contributed by atoms with Crippen molar-refractivity contribution in [2.75, 3.05) is 26.0 Å². The molecule has 0 atom stereocenters. The second-order valence-electron chi connectivity index (χ2n) is 7.72. The van der Waals surface area contributed by atoms with Crippen molar-refractivity contribution in [3.05, 3.63) is 28.7 Å². The van der Waals surface area contributed by atoms with Crippen LogP contribution in [0.15, 0.2) is 11.4 Å². The zero-order valence-corrected chi connectivity index (χ0v) is 17.4. The average Bonchev–Trinajstić information content (AvgIpc) is 3.24. The molecule has 0 spiro atoms. The van der Waals surface area contributed by atoms with Gasteiger partial charge in [0.1, 0.15) is 0 Å². The van der Waals surface area contributed by atoms with E-state index >= 15 is 0 Å². The van der Waals surface area contributed by atoms with Crippen molar-refractivity contribution in [2.24, 2.45) is 13.0 Å². The van der Waals surface area contributed by atoms with Crippen LogP contribution in [-0.2, 0) is 26.4 Å². The molecule has 0 saturated carbocycles. The molecule has 2 aliphatic rings. The van der Waals surface area contributed by atoms with Crippen LogP contribution in [0.3, 0.4) is 0 Å². The van der Waals surface area contributed by atoms with Gasteiger partial charge in [-0.15, -0.1) is 0 Å². The van der Waals surface area contributed by atoms with Crippen LogP contribution in [0.2, 0.25) is 0 Å². The third-order valence-corrected chi connectivity index (χ3v) is 6.38. The maximum absolute atomic E-state index is 6.04. The number of piperidine rings is 1. The van der Waals surface area contributed by atoms with E-state index in [9.17, 15) is 0 Å². The lowest BCUT2D eigenvalue weighted by Crippen LogP contribution is -2.35. The van der Waals surface area contributed by atoms with Crippen LogP contribution in [0.5, 0.6) is 5.88 Å². The Bertz CT molecular complexity index is 798. The second kappa shape index (κ2) is 8.19. The summed E-state index contributed by atoms with van der Waals surface area (Å²) in [6, 6.07) is 0. The minimum absolute atomic E-state index is 0.602. The predicted octanol–water partition coefficient (Wildman–Crippen LogP) is 3.02. The number of aromatic nitrogens is 4. The number of ether oxygens (including phenoxy) is 1. The summed E-state index contributed by atoms with van der Waals surface area (Å²) in [6.45, 7) is 6.06. The molecule has 4 rings (SSSR count). The lowest BCUT2D eigenvalue weighted by Gasteiger charge is -2.32. The van der Waals surface area contributed by atoms with Crippen LogP contribution in [-0.4, -0.2) is 50.6 Å². The molecule has 27 heavy (non-hydrogen) atoms. The van der Waals surface area contributed by atoms with Crippen molar-refractivity contribution in [2.45, 2.75) is 50.7 Å². The number of likely N-dealkylation sites (tertiary alicyclic amines) is 1. The summed E-state index contributed by atoms with van der Waals surface area (Å²) in [7, 11) is 2.10. The molecule has 0 N–H and O–H groups in total. The summed E-state index contributed by atoms with van der Waals surface area (Å²) in [5, 5.41) is 5.49. The highest BCUT2D eigenvalue weighted by Gasteiger charge is 2.25. The summed E-state index contributed by atoms with van der Waals surface area (Å²) in [5.74, 6) is 1.34. The first-order valence-electron chi connectivity index (χ1n) is 9.90. The van der Waals surface area contributed by atoms with E-state index in [4.69, 9.17) is 9.84 Å². The minimum Gasteiger partial charge on any atom is -0.477 e. The van der Waals surface area contributed by atoms with Gasteiger partial charge >= 0.3 is 0 Å². The van der Waals surface area contributed by atoms with Crippen LogP contribution < -0.4 is 4.74 Å². The van der Waals surface area contributed by atoms with Crippen LogP contribution in [0, 0.1) is 12.8 Å². The number of nitrogens with zero attached hydrogens (tertiary/aromatic N) is 5. The number of thioether (sulfide) groups is 1. The first-order chi connectivity index (χ1) is 13.1. The van der Waals surface area contributed by atoms with Gasteiger partial charge in [0.05, 0.1) is 18.0 Å². The fraction of sp³-hybridized carbons (Fsp3) is 0.650. The summed E-state index contributed by atoms with van der Waals surface area (Å²) in [5.41, 5.74) is 5.29. The molecule has 0 radical (unpaired) electrons. The van der Waals surface area contributed by atoms with Crippen LogP contribution in [0.1, 0.15) is 41.8 Å². The molecular formula is C20H29N5OS. The van der Waals surface area contributed by atoms with Crippen molar-refractivity contribution < 1.29 is 4.74 Å². The molecule has 0 bridgehead atoms. The highest BCUT2D eigenvalue weighted by Crippen LogP contribution is 2.27. The summed E-state index contributed by atoms with van der Waals surface area (Å²) in [6.07, 6.45) is 9.83. The molecule has 2 aromatic heterocycles. The van der Waals surface area contributed by atoms with Crippen LogP contribution in [0.25, 0.3) is 0 Å². The van der Waals surface area contributed by atoms with E-state index in [-0.39, 0.29) is 0 Å². The lowest BCUT2D eigenvalue weighted by atomic mass is 9.97. The quantitative estimate of drug-likeness (QED) is 0.561. The van der Waals surface area contributed by atoms with E-state index < -0.39 is 0 Å². The Balaban J connectivity index is 1.28. The average molecular weight is 388 g/mol. The normalized spacial score (nSPS) is 18.0. The molecule has 7 heteroatoms. The number of hydrogen-bond donors (Lipinski definition) is 0. The van der Waals surface area contributed by atoms with E-state index in [1.165, 1.54) is 42.6 Å². The molecule has 0 aromatic carbocycles. The number of rotatable bonds is 6. The minimum atomic E-state index is 0.602. The van der Waals surface area contributed by atoms with Gasteiger partial charge in [-0.05, 0) is 69.9 Å². The van der Waals surface area contributed by atoms with Crippen LogP contribution in [0.4, 0.5) is 0 Å². The highest BCUT2D eigenvalue weighted by atomic mass is 32.2. The molecule has 1 aliphatic carbocycles. The monoisotopic (exact) mass is 387 g/mol. The van der Waals surface area contributed by atoms with Gasteiger partial charge < -0.3 is 4.74 Å². The highest BCUT2D eigenvalue weighted by molar-refractivity contribution is 7.98. The number of hydrogen-bond acceptors (Lipinski definition) is 6. The SMILES string of the molecule is CSc1ncc(C)c(OCC2CCN(Cc3c4c(nn3C)CCC4)CC2)n1. The number of fused-ring (bicyclic) bond motifs is 1. The third kappa shape index (κ3) is 4.14. The van der Waals surface area contributed by atoms with E-state index in [1.807, 2.05) is 19.4 Å². The van der Waals surface area contributed by atoms with E-state index in [0.29, 0.717) is 5.92 Å². The first-order valence-corrected chi connectivity index (χ1v) is 11.1. The Morgan fingerprint density at radius 2 is 2.07 bits per heavy atom. The first kappa shape index (κ1) is 18.7. The van der Waals surface area contributed by atoms with Gasteiger partial charge in [0, 0.05) is 25.4 Å². The van der Waals surface area contributed by atoms with Crippen molar-refractivity contribution in [3.63, 3.8) is 0 Å². The van der Waals surface area contributed by atoms with Gasteiger partial charge in [-0.3, -0.25) is 9.58 Å². The molecule has 2 aromatic rings. The molecule has 0 unspecified atom stereocenters. The van der Waals surface area contributed by atoms with Crippen molar-refractivity contribution >= 4 is 11.8 Å².